The van der Waals surface area contributed by atoms with E-state index in [9.17, 15) is 19.4 Å². The molecule has 0 bridgehead atoms. The van der Waals surface area contributed by atoms with E-state index < -0.39 is 20.0 Å². The van der Waals surface area contributed by atoms with Crippen molar-refractivity contribution >= 4 is 13.7 Å². The predicted molar refractivity (Wildman–Crippen MR) is 341 cm³/mol. The second-order valence-corrected chi connectivity index (χ2v) is 24.9. The SMILES string of the molecule is CC/C=C\C/C=C\C/C=C\C/C=C\C/C=C\C/C=C\C/C=C\CCCCCCCC(=O)NC(COP(=O)(O)OCC[N+](C)(C)C)C(O)CCCCCCCCCCCCCCCCCCCCCCCCCCCCCCC. The summed E-state index contributed by atoms with van der Waals surface area (Å²) in [7, 11) is 1.60. The Hall–Kier alpha value is -2.32. The third kappa shape index (κ3) is 61.3. The van der Waals surface area contributed by atoms with E-state index in [4.69, 9.17) is 9.05 Å². The summed E-state index contributed by atoms with van der Waals surface area (Å²) in [5, 5.41) is 14.1. The number of amides is 1. The number of phosphoric ester groups is 1. The van der Waals surface area contributed by atoms with Crippen molar-refractivity contribution in [3.05, 3.63) is 85.1 Å². The molecule has 0 fully saturated rings. The Morgan fingerprint density at radius 1 is 0.449 bits per heavy atom. The van der Waals surface area contributed by atoms with Crippen LogP contribution in [0.15, 0.2) is 85.1 Å². The van der Waals surface area contributed by atoms with Crippen molar-refractivity contribution in [1.29, 1.82) is 0 Å². The molecule has 3 N–H and O–H groups in total. The predicted octanol–water partition coefficient (Wildman–Crippen LogP) is 20.8. The average molecular weight is 1110 g/mol. The Balaban J connectivity index is 4.15. The largest absolute Gasteiger partial charge is 0.472 e. The molecule has 3 unspecified atom stereocenters. The molecule has 0 heterocycles. The monoisotopic (exact) mass is 1110 g/mol. The fourth-order valence-electron chi connectivity index (χ4n) is 9.56. The lowest BCUT2D eigenvalue weighted by Gasteiger charge is -2.26. The van der Waals surface area contributed by atoms with Gasteiger partial charge >= 0.3 is 7.82 Å². The van der Waals surface area contributed by atoms with E-state index >= 15 is 0 Å². The number of aliphatic hydroxyl groups is 1. The first-order valence-electron chi connectivity index (χ1n) is 33.0. The van der Waals surface area contributed by atoms with Crippen LogP contribution in [0.5, 0.6) is 0 Å². The number of phosphoric acid groups is 1. The highest BCUT2D eigenvalue weighted by molar-refractivity contribution is 7.47. The van der Waals surface area contributed by atoms with Gasteiger partial charge in [-0.2, -0.15) is 0 Å². The van der Waals surface area contributed by atoms with Crippen LogP contribution in [-0.4, -0.2) is 73.4 Å². The van der Waals surface area contributed by atoms with Gasteiger partial charge in [0.25, 0.3) is 0 Å². The number of aliphatic hydroxyl groups excluding tert-OH is 1. The van der Waals surface area contributed by atoms with Gasteiger partial charge in [0.1, 0.15) is 13.2 Å². The molecule has 3 atom stereocenters. The molecular formula is C69H128N2O6P+. The normalized spacial score (nSPS) is 14.3. The highest BCUT2D eigenvalue weighted by atomic mass is 31.2. The number of likely N-dealkylation sites (N-methyl/N-ethyl adjacent to an activating group) is 1. The van der Waals surface area contributed by atoms with E-state index in [-0.39, 0.29) is 19.1 Å². The van der Waals surface area contributed by atoms with Gasteiger partial charge in [-0.3, -0.25) is 13.8 Å². The molecule has 78 heavy (non-hydrogen) atoms. The van der Waals surface area contributed by atoms with E-state index in [1.54, 1.807) is 0 Å². The lowest BCUT2D eigenvalue weighted by Crippen LogP contribution is -2.46. The number of unbranched alkanes of at least 4 members (excludes halogenated alkanes) is 33. The van der Waals surface area contributed by atoms with Crippen molar-refractivity contribution in [2.24, 2.45) is 0 Å². The zero-order valence-corrected chi connectivity index (χ0v) is 52.8. The zero-order valence-electron chi connectivity index (χ0n) is 51.9. The van der Waals surface area contributed by atoms with E-state index in [2.05, 4.69) is 104 Å². The van der Waals surface area contributed by atoms with E-state index in [0.29, 0.717) is 23.9 Å². The molecule has 1 amide bonds. The van der Waals surface area contributed by atoms with Crippen LogP contribution in [0.25, 0.3) is 0 Å². The first-order valence-corrected chi connectivity index (χ1v) is 34.4. The number of carbonyl (C=O) groups is 1. The highest BCUT2D eigenvalue weighted by Gasteiger charge is 2.28. The van der Waals surface area contributed by atoms with Crippen molar-refractivity contribution in [1.82, 2.24) is 5.32 Å². The summed E-state index contributed by atoms with van der Waals surface area (Å²) in [6.45, 7) is 4.78. The first-order chi connectivity index (χ1) is 38.0. The Bertz CT molecular complexity index is 1550. The van der Waals surface area contributed by atoms with Crippen LogP contribution in [0.2, 0.25) is 0 Å². The molecule has 0 rings (SSSR count). The smallest absolute Gasteiger partial charge is 0.391 e. The number of carbonyl (C=O) groups excluding carboxylic acids is 1. The summed E-state index contributed by atoms with van der Waals surface area (Å²) in [5.41, 5.74) is 0. The minimum absolute atomic E-state index is 0.0666. The molecule has 0 aliphatic heterocycles. The van der Waals surface area contributed by atoms with Gasteiger partial charge in [-0.15, -0.1) is 0 Å². The summed E-state index contributed by atoms with van der Waals surface area (Å²) >= 11 is 0. The number of quaternary nitrogens is 1. The fourth-order valence-corrected chi connectivity index (χ4v) is 10.3. The number of rotatable bonds is 60. The third-order valence-corrected chi connectivity index (χ3v) is 15.6. The maximum absolute atomic E-state index is 13.0. The van der Waals surface area contributed by atoms with Gasteiger partial charge in [-0.1, -0.05) is 304 Å². The van der Waals surface area contributed by atoms with Gasteiger partial charge in [0.05, 0.1) is 39.9 Å². The summed E-state index contributed by atoms with van der Waals surface area (Å²) in [5.74, 6) is -0.163. The van der Waals surface area contributed by atoms with E-state index in [0.717, 1.165) is 103 Å². The molecule has 0 saturated heterocycles. The van der Waals surface area contributed by atoms with Crippen molar-refractivity contribution < 1.29 is 32.9 Å². The van der Waals surface area contributed by atoms with Gasteiger partial charge in [-0.05, 0) is 70.6 Å². The number of hydrogen-bond acceptors (Lipinski definition) is 5. The van der Waals surface area contributed by atoms with Crippen molar-refractivity contribution in [2.45, 2.75) is 309 Å². The van der Waals surface area contributed by atoms with Gasteiger partial charge in [0, 0.05) is 6.42 Å². The van der Waals surface area contributed by atoms with Gasteiger partial charge < -0.3 is 19.8 Å². The van der Waals surface area contributed by atoms with Crippen molar-refractivity contribution in [3.8, 4) is 0 Å². The third-order valence-electron chi connectivity index (χ3n) is 14.7. The van der Waals surface area contributed by atoms with Crippen LogP contribution in [0.3, 0.4) is 0 Å². The summed E-state index contributed by atoms with van der Waals surface area (Å²) in [4.78, 5) is 23.4. The van der Waals surface area contributed by atoms with Crippen molar-refractivity contribution in [2.75, 3.05) is 40.9 Å². The zero-order chi connectivity index (χ0) is 57.0. The highest BCUT2D eigenvalue weighted by Crippen LogP contribution is 2.43. The average Bonchev–Trinajstić information content (AvgIpc) is 3.41. The van der Waals surface area contributed by atoms with E-state index in [1.807, 2.05) is 21.1 Å². The number of nitrogens with one attached hydrogen (secondary N) is 1. The molecule has 0 aliphatic carbocycles. The Morgan fingerprint density at radius 2 is 0.769 bits per heavy atom. The maximum atomic E-state index is 13.0. The second kappa shape index (κ2) is 59.3. The molecule has 0 radical (unpaired) electrons. The maximum Gasteiger partial charge on any atom is 0.472 e. The number of nitrogens with zero attached hydrogens (tertiary/aromatic N) is 1. The Morgan fingerprint density at radius 3 is 1.13 bits per heavy atom. The van der Waals surface area contributed by atoms with Crippen LogP contribution in [0, 0.1) is 0 Å². The summed E-state index contributed by atoms with van der Waals surface area (Å²) in [6, 6.07) is -0.779. The lowest BCUT2D eigenvalue weighted by atomic mass is 10.0. The van der Waals surface area contributed by atoms with Crippen molar-refractivity contribution in [3.63, 3.8) is 0 Å². The molecule has 8 nitrogen and oxygen atoms in total. The van der Waals surface area contributed by atoms with Crippen LogP contribution >= 0.6 is 7.82 Å². The lowest BCUT2D eigenvalue weighted by molar-refractivity contribution is -0.870. The Kier molecular flexibility index (Phi) is 57.5. The molecular weight excluding hydrogens is 984 g/mol. The molecule has 454 valence electrons. The minimum atomic E-state index is -4.34. The molecule has 0 aromatic heterocycles. The number of hydrogen-bond donors (Lipinski definition) is 3. The molecule has 0 aromatic rings. The summed E-state index contributed by atoms with van der Waals surface area (Å²) < 4.78 is 23.9. The van der Waals surface area contributed by atoms with Crippen LogP contribution in [0.1, 0.15) is 296 Å². The van der Waals surface area contributed by atoms with Crippen LogP contribution in [0.4, 0.5) is 0 Å². The summed E-state index contributed by atoms with van der Waals surface area (Å²) in [6.07, 6.45) is 83.8. The van der Waals surface area contributed by atoms with Crippen LogP contribution in [-0.2, 0) is 18.4 Å². The topological polar surface area (TPSA) is 105 Å². The van der Waals surface area contributed by atoms with Crippen LogP contribution < -0.4 is 5.32 Å². The quantitative estimate of drug-likeness (QED) is 0.0243. The fraction of sp³-hybridized carbons (Fsp3) is 0.783. The minimum Gasteiger partial charge on any atom is -0.391 e. The molecule has 0 aromatic carbocycles. The standard InChI is InChI=1S/C69H127N2O6P/c1-6-8-10-12-14-16-18-20-22-24-26-28-30-32-34-35-37-38-40-42-44-46-48-50-52-54-56-58-60-62-68(72)67(66-77-78(74,75)76-65-64-71(3,4)5)70-69(73)63-61-59-57-55-53-51-49-47-45-43-41-39-36-33-31-29-27-25-23-21-19-17-15-13-11-9-7-2/h9,11,15,17,21,23,27,29,33,36,41,43,47,49,67-68,72H,6-8,10,12-14,16,18-20,22,24-26,28,30-32,34-35,37-40,42,44-46,48,50-66H2,1-5H3,(H-,70,73,74,75)/p+1/b11-9-,17-15-,23-21-,29-27-,36-33-,43-41-,49-47-. The van der Waals surface area contributed by atoms with Gasteiger partial charge in [0.15, 0.2) is 0 Å². The number of allylic oxidation sites excluding steroid dienone is 14. The molecule has 9 heteroatoms. The molecule has 0 saturated carbocycles. The molecule has 0 spiro atoms. The van der Waals surface area contributed by atoms with Gasteiger partial charge in [-0.25, -0.2) is 4.57 Å². The van der Waals surface area contributed by atoms with E-state index in [1.165, 1.54) is 167 Å². The second-order valence-electron chi connectivity index (χ2n) is 23.5. The molecule has 0 aliphatic rings. The first kappa shape index (κ1) is 75.7. The van der Waals surface area contributed by atoms with Gasteiger partial charge in [0.2, 0.25) is 5.91 Å². The Labute approximate surface area is 484 Å².